The summed E-state index contributed by atoms with van der Waals surface area (Å²) in [5, 5.41) is 10.4. The molecule has 0 unspecified atom stereocenters. The monoisotopic (exact) mass is 243 g/mol. The van der Waals surface area contributed by atoms with Crippen LogP contribution in [0.25, 0.3) is 0 Å². The molecule has 0 amide bonds. The molecule has 94 valence electrons. The molecule has 5 heteroatoms. The van der Waals surface area contributed by atoms with Gasteiger partial charge in [0.1, 0.15) is 0 Å². The maximum Gasteiger partial charge on any atom is 0.195 e. The van der Waals surface area contributed by atoms with Crippen LogP contribution in [0.15, 0.2) is 47.7 Å². The lowest BCUT2D eigenvalue weighted by Gasteiger charge is -2.05. The molecule has 0 fully saturated rings. The first-order valence-electron chi connectivity index (χ1n) is 5.80. The van der Waals surface area contributed by atoms with Crippen molar-refractivity contribution < 1.29 is 0 Å². The minimum atomic E-state index is 0.717. The summed E-state index contributed by atoms with van der Waals surface area (Å²) in [4.78, 5) is 4.05. The van der Waals surface area contributed by atoms with E-state index in [2.05, 4.69) is 32.9 Å². The highest BCUT2D eigenvalue weighted by Crippen LogP contribution is 2.07. The maximum atomic E-state index is 4.30. The van der Waals surface area contributed by atoms with Crippen molar-refractivity contribution in [1.82, 2.24) is 15.1 Å². The van der Waals surface area contributed by atoms with E-state index < -0.39 is 0 Å². The van der Waals surface area contributed by atoms with E-state index in [0.717, 1.165) is 12.2 Å². The van der Waals surface area contributed by atoms with Crippen LogP contribution in [0, 0.1) is 0 Å². The van der Waals surface area contributed by atoms with E-state index >= 15 is 0 Å². The molecule has 0 saturated heterocycles. The summed E-state index contributed by atoms with van der Waals surface area (Å²) in [5.41, 5.74) is 2.14. The molecule has 1 aromatic carbocycles. The van der Waals surface area contributed by atoms with Crippen molar-refractivity contribution in [3.05, 3.63) is 48.3 Å². The largest absolute Gasteiger partial charge is 0.359 e. The van der Waals surface area contributed by atoms with Gasteiger partial charge in [-0.1, -0.05) is 30.3 Å². The second kappa shape index (κ2) is 5.86. The fraction of sp³-hybridized carbons (Fsp3) is 0.231. The molecule has 5 nitrogen and oxygen atoms in total. The van der Waals surface area contributed by atoms with Gasteiger partial charge < -0.3 is 10.6 Å². The summed E-state index contributed by atoms with van der Waals surface area (Å²) in [6.07, 6.45) is 3.74. The Hall–Kier alpha value is -2.30. The van der Waals surface area contributed by atoms with Gasteiger partial charge in [-0.25, -0.2) is 0 Å². The number of rotatable bonds is 3. The Morgan fingerprint density at radius 3 is 2.78 bits per heavy atom. The number of guanidine groups is 1. The zero-order valence-corrected chi connectivity index (χ0v) is 10.6. The first kappa shape index (κ1) is 12.2. The summed E-state index contributed by atoms with van der Waals surface area (Å²) in [6.45, 7) is 0.765. The number of hydrogen-bond acceptors (Lipinski definition) is 2. The van der Waals surface area contributed by atoms with Crippen molar-refractivity contribution in [2.24, 2.45) is 4.99 Å². The van der Waals surface area contributed by atoms with Crippen molar-refractivity contribution in [2.45, 2.75) is 6.54 Å². The standard InChI is InChI=1S/C13H17N5/c1-14-13(15-2)17-12-8-16-18(10-12)9-11-6-4-3-5-7-11/h3-8,10H,9H2,1-2H3,(H2,14,15,17). The van der Waals surface area contributed by atoms with Crippen LogP contribution in [0.5, 0.6) is 0 Å². The number of aromatic nitrogens is 2. The molecule has 0 spiro atoms. The average molecular weight is 243 g/mol. The molecule has 0 atom stereocenters. The van der Waals surface area contributed by atoms with Gasteiger partial charge in [-0.05, 0) is 5.56 Å². The smallest absolute Gasteiger partial charge is 0.195 e. The molecule has 0 aliphatic carbocycles. The Kier molecular flexibility index (Phi) is 3.96. The number of nitrogens with zero attached hydrogens (tertiary/aromatic N) is 3. The van der Waals surface area contributed by atoms with Gasteiger partial charge in [-0.15, -0.1) is 0 Å². The molecule has 1 heterocycles. The van der Waals surface area contributed by atoms with E-state index in [1.807, 2.05) is 36.1 Å². The van der Waals surface area contributed by atoms with Gasteiger partial charge in [0, 0.05) is 20.3 Å². The molecule has 1 aromatic heterocycles. The van der Waals surface area contributed by atoms with Crippen LogP contribution >= 0.6 is 0 Å². The molecule has 0 saturated carbocycles. The quantitative estimate of drug-likeness (QED) is 0.635. The second-order valence-electron chi connectivity index (χ2n) is 3.86. The molecule has 2 rings (SSSR count). The summed E-state index contributed by atoms with van der Waals surface area (Å²) in [6, 6.07) is 10.2. The van der Waals surface area contributed by atoms with Crippen LogP contribution < -0.4 is 10.6 Å². The Morgan fingerprint density at radius 1 is 1.33 bits per heavy atom. The van der Waals surface area contributed by atoms with E-state index in [9.17, 15) is 0 Å². The third-order valence-corrected chi connectivity index (χ3v) is 2.54. The molecule has 0 bridgehead atoms. The molecule has 18 heavy (non-hydrogen) atoms. The van der Waals surface area contributed by atoms with Crippen LogP contribution in [0.3, 0.4) is 0 Å². The lowest BCUT2D eigenvalue weighted by atomic mass is 10.2. The summed E-state index contributed by atoms with van der Waals surface area (Å²) >= 11 is 0. The molecular formula is C13H17N5. The SMILES string of the molecule is CN=C(NC)Nc1cnn(Cc2ccccc2)c1. The van der Waals surface area contributed by atoms with Crippen LogP contribution in [0.1, 0.15) is 5.56 Å². The predicted molar refractivity (Wildman–Crippen MR) is 73.8 cm³/mol. The van der Waals surface area contributed by atoms with Gasteiger partial charge in [0.2, 0.25) is 0 Å². The molecule has 0 radical (unpaired) electrons. The number of anilines is 1. The minimum absolute atomic E-state index is 0.717. The normalized spacial score (nSPS) is 11.3. The first-order valence-corrected chi connectivity index (χ1v) is 5.80. The summed E-state index contributed by atoms with van der Waals surface area (Å²) in [5.74, 6) is 0.717. The number of nitrogens with one attached hydrogen (secondary N) is 2. The highest BCUT2D eigenvalue weighted by Gasteiger charge is 2.01. The second-order valence-corrected chi connectivity index (χ2v) is 3.86. The van der Waals surface area contributed by atoms with Gasteiger partial charge in [0.25, 0.3) is 0 Å². The van der Waals surface area contributed by atoms with E-state index in [0.29, 0.717) is 5.96 Å². The van der Waals surface area contributed by atoms with E-state index in [1.165, 1.54) is 5.56 Å². The zero-order valence-electron chi connectivity index (χ0n) is 10.6. The highest BCUT2D eigenvalue weighted by atomic mass is 15.3. The van der Waals surface area contributed by atoms with Crippen molar-refractivity contribution >= 4 is 11.6 Å². The minimum Gasteiger partial charge on any atom is -0.359 e. The van der Waals surface area contributed by atoms with Crippen LogP contribution in [0.2, 0.25) is 0 Å². The Balaban J connectivity index is 2.02. The van der Waals surface area contributed by atoms with Crippen molar-refractivity contribution in [1.29, 1.82) is 0 Å². The van der Waals surface area contributed by atoms with E-state index in [1.54, 1.807) is 13.2 Å². The average Bonchev–Trinajstić information content (AvgIpc) is 2.84. The van der Waals surface area contributed by atoms with E-state index in [-0.39, 0.29) is 0 Å². The third kappa shape index (κ3) is 3.10. The van der Waals surface area contributed by atoms with Crippen molar-refractivity contribution in [3.8, 4) is 0 Å². The number of hydrogen-bond donors (Lipinski definition) is 2. The zero-order chi connectivity index (χ0) is 12.8. The Labute approximate surface area is 107 Å². The van der Waals surface area contributed by atoms with Gasteiger partial charge in [0.05, 0.1) is 18.4 Å². The van der Waals surface area contributed by atoms with Crippen LogP contribution in [-0.2, 0) is 6.54 Å². The van der Waals surface area contributed by atoms with Gasteiger partial charge in [-0.2, -0.15) is 5.10 Å². The molecule has 0 aliphatic rings. The van der Waals surface area contributed by atoms with Crippen LogP contribution in [0.4, 0.5) is 5.69 Å². The van der Waals surface area contributed by atoms with Crippen molar-refractivity contribution in [2.75, 3.05) is 19.4 Å². The molecular weight excluding hydrogens is 226 g/mol. The lowest BCUT2D eigenvalue weighted by molar-refractivity contribution is 0.687. The van der Waals surface area contributed by atoms with Crippen LogP contribution in [-0.4, -0.2) is 29.8 Å². The molecule has 0 aliphatic heterocycles. The van der Waals surface area contributed by atoms with E-state index in [4.69, 9.17) is 0 Å². The lowest BCUT2D eigenvalue weighted by Crippen LogP contribution is -2.26. The first-order chi connectivity index (χ1) is 8.81. The van der Waals surface area contributed by atoms with Crippen molar-refractivity contribution in [3.63, 3.8) is 0 Å². The fourth-order valence-electron chi connectivity index (χ4n) is 1.65. The highest BCUT2D eigenvalue weighted by molar-refractivity contribution is 5.93. The maximum absolute atomic E-state index is 4.30. The Morgan fingerprint density at radius 2 is 2.11 bits per heavy atom. The summed E-state index contributed by atoms with van der Waals surface area (Å²) in [7, 11) is 3.55. The third-order valence-electron chi connectivity index (χ3n) is 2.54. The molecule has 2 N–H and O–H groups in total. The fourth-order valence-corrected chi connectivity index (χ4v) is 1.65. The number of aliphatic imine (C=N–C) groups is 1. The predicted octanol–water partition coefficient (Wildman–Crippen LogP) is 1.55. The number of benzene rings is 1. The van der Waals surface area contributed by atoms with Gasteiger partial charge >= 0.3 is 0 Å². The van der Waals surface area contributed by atoms with Gasteiger partial charge in [0.15, 0.2) is 5.96 Å². The van der Waals surface area contributed by atoms with Gasteiger partial charge in [-0.3, -0.25) is 9.67 Å². The topological polar surface area (TPSA) is 54.2 Å². The summed E-state index contributed by atoms with van der Waals surface area (Å²) < 4.78 is 1.89. The molecule has 2 aromatic rings. The Bertz CT molecular complexity index is 515.